The van der Waals surface area contributed by atoms with E-state index in [-0.39, 0.29) is 17.8 Å². The van der Waals surface area contributed by atoms with Gasteiger partial charge in [0.1, 0.15) is 0 Å². The summed E-state index contributed by atoms with van der Waals surface area (Å²) in [4.78, 5) is 27.1. The van der Waals surface area contributed by atoms with Gasteiger partial charge >= 0.3 is 5.97 Å². The number of hydrogen-bond acceptors (Lipinski definition) is 4. The fraction of sp³-hybridized carbons (Fsp3) is 0.533. The molecule has 0 bridgehead atoms. The van der Waals surface area contributed by atoms with E-state index in [1.807, 2.05) is 58.0 Å². The molecule has 0 saturated carbocycles. The summed E-state index contributed by atoms with van der Waals surface area (Å²) in [5.41, 5.74) is 4.97. The molecule has 0 aromatic heterocycles. The van der Waals surface area contributed by atoms with Crippen molar-refractivity contribution in [2.24, 2.45) is 11.8 Å². The first kappa shape index (κ1) is 30.2. The molecule has 0 heterocycles. The van der Waals surface area contributed by atoms with Gasteiger partial charge in [-0.1, -0.05) is 84.4 Å². The Labute approximate surface area is 213 Å². The van der Waals surface area contributed by atoms with Crippen LogP contribution in [0.4, 0.5) is 11.4 Å². The number of esters is 1. The van der Waals surface area contributed by atoms with Gasteiger partial charge in [-0.2, -0.15) is 0 Å². The number of aryl methyl sites for hydroxylation is 1. The third kappa shape index (κ3) is 10.5. The van der Waals surface area contributed by atoms with Gasteiger partial charge in [0.15, 0.2) is 0 Å². The number of amides is 1. The van der Waals surface area contributed by atoms with E-state index in [0.29, 0.717) is 24.7 Å². The summed E-state index contributed by atoms with van der Waals surface area (Å²) in [7, 11) is 1.41. The summed E-state index contributed by atoms with van der Waals surface area (Å²) in [5, 5.41) is 3.17. The number of ether oxygens (including phenoxy) is 1. The van der Waals surface area contributed by atoms with Gasteiger partial charge in [-0.15, -0.1) is 0 Å². The molecule has 1 atom stereocenters. The molecule has 0 fully saturated rings. The van der Waals surface area contributed by atoms with Crippen molar-refractivity contribution in [1.82, 2.24) is 0 Å². The van der Waals surface area contributed by atoms with Gasteiger partial charge in [-0.3, -0.25) is 9.59 Å². The van der Waals surface area contributed by atoms with Gasteiger partial charge in [0.25, 0.3) is 0 Å². The lowest BCUT2D eigenvalue weighted by molar-refractivity contribution is -0.141. The topological polar surface area (TPSA) is 58.6 Å². The fourth-order valence-corrected chi connectivity index (χ4v) is 3.93. The molecule has 1 amide bonds. The molecule has 5 heteroatoms. The first-order valence-corrected chi connectivity index (χ1v) is 12.9. The summed E-state index contributed by atoms with van der Waals surface area (Å²) >= 11 is 0. The molecular weight excluding hydrogens is 436 g/mol. The average molecular weight is 483 g/mol. The summed E-state index contributed by atoms with van der Waals surface area (Å²) in [6.07, 6.45) is 0.615. The Hall–Kier alpha value is -2.82. The van der Waals surface area contributed by atoms with Crippen molar-refractivity contribution >= 4 is 23.3 Å². The lowest BCUT2D eigenvalue weighted by atomic mass is 9.96. The fourth-order valence-electron chi connectivity index (χ4n) is 3.93. The van der Waals surface area contributed by atoms with E-state index in [1.165, 1.54) is 12.7 Å². The zero-order valence-electron chi connectivity index (χ0n) is 23.3. The van der Waals surface area contributed by atoms with Crippen molar-refractivity contribution in [3.05, 3.63) is 59.2 Å². The van der Waals surface area contributed by atoms with Crippen LogP contribution in [0.25, 0.3) is 0 Å². The Bertz CT molecular complexity index is 910. The Morgan fingerprint density at radius 1 is 0.914 bits per heavy atom. The molecule has 2 aromatic rings. The van der Waals surface area contributed by atoms with Crippen molar-refractivity contribution in [3.63, 3.8) is 0 Å². The normalized spacial score (nSPS) is 11.5. The highest BCUT2D eigenvalue weighted by molar-refractivity contribution is 5.95. The summed E-state index contributed by atoms with van der Waals surface area (Å²) in [6.45, 7) is 18.7. The number of benzene rings is 2. The van der Waals surface area contributed by atoms with Crippen LogP contribution < -0.4 is 10.2 Å². The molecule has 0 saturated heterocycles. The highest BCUT2D eigenvalue weighted by atomic mass is 16.5. The standard InChI is InChI=1S/C28H40N2O3.C2H6/c1-19(2)17-30(18-20(3)4)26-13-12-24(22(6)14-28(32)33-7)16-25(26)29-27(31)15-23-10-8-21(5)9-11-23;1-2/h8-13,16,19-20,22H,14-15,17-18H2,1-7H3,(H,29,31);1-2H3. The molecule has 0 aliphatic rings. The molecule has 2 rings (SSSR count). The maximum absolute atomic E-state index is 13.0. The van der Waals surface area contributed by atoms with Gasteiger partial charge in [0, 0.05) is 13.1 Å². The van der Waals surface area contributed by atoms with E-state index < -0.39 is 0 Å². The van der Waals surface area contributed by atoms with Crippen molar-refractivity contribution in [2.75, 3.05) is 30.4 Å². The number of carbonyl (C=O) groups is 2. The second-order valence-electron chi connectivity index (χ2n) is 9.86. The zero-order valence-corrected chi connectivity index (χ0v) is 23.3. The van der Waals surface area contributed by atoms with E-state index >= 15 is 0 Å². The molecule has 194 valence electrons. The minimum atomic E-state index is -0.238. The van der Waals surface area contributed by atoms with Gasteiger partial charge in [0.05, 0.1) is 31.3 Å². The van der Waals surface area contributed by atoms with Gasteiger partial charge < -0.3 is 15.0 Å². The van der Waals surface area contributed by atoms with Crippen LogP contribution in [0.5, 0.6) is 0 Å². The van der Waals surface area contributed by atoms with Crippen LogP contribution in [0.3, 0.4) is 0 Å². The van der Waals surface area contributed by atoms with Gasteiger partial charge in [-0.05, 0) is 47.9 Å². The van der Waals surface area contributed by atoms with Crippen molar-refractivity contribution < 1.29 is 14.3 Å². The smallest absolute Gasteiger partial charge is 0.306 e. The number of hydrogen-bond donors (Lipinski definition) is 1. The highest BCUT2D eigenvalue weighted by Gasteiger charge is 2.19. The molecule has 0 aliphatic heterocycles. The zero-order chi connectivity index (χ0) is 26.5. The first-order chi connectivity index (χ1) is 16.6. The van der Waals surface area contributed by atoms with Gasteiger partial charge in [0.2, 0.25) is 5.91 Å². The summed E-state index contributed by atoms with van der Waals surface area (Å²) < 4.78 is 4.84. The second kappa shape index (κ2) is 15.2. The molecular formula is C30H46N2O3. The molecule has 0 aliphatic carbocycles. The predicted octanol–water partition coefficient (Wildman–Crippen LogP) is 6.99. The number of anilines is 2. The monoisotopic (exact) mass is 482 g/mol. The van der Waals surface area contributed by atoms with Crippen LogP contribution in [-0.2, 0) is 20.7 Å². The SMILES string of the molecule is CC.COC(=O)CC(C)c1ccc(N(CC(C)C)CC(C)C)c(NC(=O)Cc2ccc(C)cc2)c1. The molecule has 1 unspecified atom stereocenters. The molecule has 1 N–H and O–H groups in total. The number of rotatable bonds is 11. The largest absolute Gasteiger partial charge is 0.469 e. The van der Waals surface area contributed by atoms with Gasteiger partial charge in [-0.25, -0.2) is 0 Å². The first-order valence-electron chi connectivity index (χ1n) is 12.9. The van der Waals surface area contributed by atoms with Crippen LogP contribution in [0.2, 0.25) is 0 Å². The lowest BCUT2D eigenvalue weighted by Crippen LogP contribution is -2.32. The number of carbonyl (C=O) groups excluding carboxylic acids is 2. The minimum Gasteiger partial charge on any atom is -0.469 e. The molecule has 0 spiro atoms. The lowest BCUT2D eigenvalue weighted by Gasteiger charge is -2.31. The van der Waals surface area contributed by atoms with E-state index in [4.69, 9.17) is 4.74 Å². The summed E-state index contributed by atoms with van der Waals surface area (Å²) in [6, 6.07) is 14.2. The Balaban J connectivity index is 0.00000298. The maximum atomic E-state index is 13.0. The quantitative estimate of drug-likeness (QED) is 0.351. The Morgan fingerprint density at radius 3 is 2.00 bits per heavy atom. The van der Waals surface area contributed by atoms with Crippen molar-refractivity contribution in [3.8, 4) is 0 Å². The molecule has 2 aromatic carbocycles. The number of nitrogens with one attached hydrogen (secondary N) is 1. The summed E-state index contributed by atoms with van der Waals surface area (Å²) in [5.74, 6) is 0.670. The van der Waals surface area contributed by atoms with Crippen LogP contribution in [0.15, 0.2) is 42.5 Å². The van der Waals surface area contributed by atoms with Crippen LogP contribution in [-0.4, -0.2) is 32.1 Å². The Morgan fingerprint density at radius 2 is 1.49 bits per heavy atom. The third-order valence-corrected chi connectivity index (χ3v) is 5.56. The second-order valence-corrected chi connectivity index (χ2v) is 9.86. The number of nitrogens with zero attached hydrogens (tertiary/aromatic N) is 1. The van der Waals surface area contributed by atoms with E-state index in [0.717, 1.165) is 35.6 Å². The Kier molecular flexibility index (Phi) is 13.1. The molecule has 35 heavy (non-hydrogen) atoms. The highest BCUT2D eigenvalue weighted by Crippen LogP contribution is 2.32. The van der Waals surface area contributed by atoms with E-state index in [2.05, 4.69) is 50.0 Å². The maximum Gasteiger partial charge on any atom is 0.306 e. The third-order valence-electron chi connectivity index (χ3n) is 5.56. The van der Waals surface area contributed by atoms with Crippen molar-refractivity contribution in [2.45, 2.75) is 74.1 Å². The minimum absolute atomic E-state index is 0.0112. The average Bonchev–Trinajstić information content (AvgIpc) is 2.80. The van der Waals surface area contributed by atoms with Crippen LogP contribution in [0.1, 0.15) is 77.5 Å². The molecule has 5 nitrogen and oxygen atoms in total. The van der Waals surface area contributed by atoms with Crippen molar-refractivity contribution in [1.29, 1.82) is 0 Å². The van der Waals surface area contributed by atoms with E-state index in [1.54, 1.807) is 0 Å². The predicted molar refractivity (Wildman–Crippen MR) is 148 cm³/mol. The molecule has 0 radical (unpaired) electrons. The number of methoxy groups -OCH3 is 1. The van der Waals surface area contributed by atoms with E-state index in [9.17, 15) is 9.59 Å². The van der Waals surface area contributed by atoms with Crippen LogP contribution >= 0.6 is 0 Å². The van der Waals surface area contributed by atoms with Crippen LogP contribution in [0, 0.1) is 18.8 Å².